The third-order valence-electron chi connectivity index (χ3n) is 5.10. The molecule has 0 bridgehead atoms. The van der Waals surface area contributed by atoms with E-state index in [1.54, 1.807) is 0 Å². The van der Waals surface area contributed by atoms with Crippen molar-refractivity contribution in [2.45, 2.75) is 12.2 Å². The van der Waals surface area contributed by atoms with Crippen molar-refractivity contribution < 1.29 is 64.2 Å². The molecule has 17 heteroatoms. The molecule has 0 fully saturated rings. The Morgan fingerprint density at radius 2 is 1.30 bits per heavy atom. The first kappa shape index (κ1) is 34.1. The molecule has 0 spiro atoms. The second-order valence-corrected chi connectivity index (χ2v) is 8.45. The Morgan fingerprint density at radius 3 is 1.78 bits per heavy atom. The minimum Gasteiger partial charge on any atom is -0.480 e. The molecule has 0 aliphatic heterocycles. The zero-order valence-electron chi connectivity index (χ0n) is 20.4. The number of aliphatic hydroxyl groups is 4. The summed E-state index contributed by atoms with van der Waals surface area (Å²) in [6, 6.07) is 0. The summed E-state index contributed by atoms with van der Waals surface area (Å²) in [6.45, 7) is -4.62. The van der Waals surface area contributed by atoms with Crippen LogP contribution in [0.4, 0.5) is 0 Å². The number of aliphatic hydroxyl groups excluding tert-OH is 4. The highest BCUT2D eigenvalue weighted by Crippen LogP contribution is 2.08. The van der Waals surface area contributed by atoms with Gasteiger partial charge in [-0.1, -0.05) is 0 Å². The summed E-state index contributed by atoms with van der Waals surface area (Å²) in [5.74, 6) is -5.06. The highest BCUT2D eigenvalue weighted by molar-refractivity contribution is 5.79. The third kappa shape index (κ3) is 17.2. The highest BCUT2D eigenvalue weighted by Gasteiger charge is 2.34. The van der Waals surface area contributed by atoms with E-state index in [1.807, 2.05) is 0 Å². The minimum atomic E-state index is -1.29. The topological polar surface area (TPSA) is 266 Å². The number of nitrogens with zero attached hydrogens (tertiary/aromatic N) is 2. The van der Waals surface area contributed by atoms with Crippen LogP contribution in [-0.4, -0.2) is 172 Å². The van der Waals surface area contributed by atoms with Gasteiger partial charge < -0.3 is 56.2 Å². The van der Waals surface area contributed by atoms with Gasteiger partial charge in [-0.25, -0.2) is 4.79 Å². The van der Waals surface area contributed by atoms with Crippen LogP contribution in [0.2, 0.25) is 0 Å². The quantitative estimate of drug-likeness (QED) is 0.0452. The Balaban J connectivity index is 5.63. The van der Waals surface area contributed by atoms with Gasteiger partial charge >= 0.3 is 17.9 Å². The maximum absolute atomic E-state index is 12.5. The van der Waals surface area contributed by atoms with Crippen molar-refractivity contribution in [1.29, 1.82) is 0 Å². The van der Waals surface area contributed by atoms with Crippen LogP contribution in [0.1, 0.15) is 0 Å². The number of rotatable bonds is 22. The van der Waals surface area contributed by atoms with Crippen LogP contribution in [0, 0.1) is 0 Å². The van der Waals surface area contributed by atoms with Crippen LogP contribution in [0.3, 0.4) is 0 Å². The first-order valence-corrected chi connectivity index (χ1v) is 11.4. The summed E-state index contributed by atoms with van der Waals surface area (Å²) >= 11 is 0. The number of carboxylic acids is 3. The van der Waals surface area contributed by atoms with E-state index in [-0.39, 0.29) is 39.3 Å². The van der Waals surface area contributed by atoms with Crippen molar-refractivity contribution in [3.05, 3.63) is 0 Å². The molecule has 37 heavy (non-hydrogen) atoms. The molecule has 10 N–H and O–H groups in total. The van der Waals surface area contributed by atoms with E-state index in [2.05, 4.69) is 16.0 Å². The van der Waals surface area contributed by atoms with Crippen LogP contribution in [-0.2, 0) is 24.0 Å². The van der Waals surface area contributed by atoms with E-state index in [9.17, 15) is 44.4 Å². The van der Waals surface area contributed by atoms with Gasteiger partial charge in [0.1, 0.15) is 0 Å². The molecular weight excluding hydrogens is 502 g/mol. The van der Waals surface area contributed by atoms with Crippen LogP contribution in [0.5, 0.6) is 0 Å². The molecule has 2 amide bonds. The van der Waals surface area contributed by atoms with E-state index < -0.39 is 92.4 Å². The number of nitrogens with one attached hydrogen (secondary N) is 3. The van der Waals surface area contributed by atoms with E-state index in [4.69, 9.17) is 15.3 Å². The zero-order valence-corrected chi connectivity index (χ0v) is 20.4. The molecule has 214 valence electrons. The second-order valence-electron chi connectivity index (χ2n) is 8.45. The molecule has 0 aromatic rings. The SMILES string of the molecule is O=C(O)CNCC[N+](CCN(CC(=O)O)CC(=O)NCC(O)CO)(CC(=O)O)CC(=O)NCC(O)CO. The molecule has 0 aromatic heterocycles. The average Bonchev–Trinajstić information content (AvgIpc) is 2.81. The highest BCUT2D eigenvalue weighted by atomic mass is 16.4. The van der Waals surface area contributed by atoms with Gasteiger partial charge in [0.05, 0.1) is 58.1 Å². The van der Waals surface area contributed by atoms with Gasteiger partial charge in [-0.3, -0.25) is 24.1 Å². The maximum atomic E-state index is 12.5. The van der Waals surface area contributed by atoms with Gasteiger partial charge in [-0.2, -0.15) is 0 Å². The lowest BCUT2D eigenvalue weighted by Crippen LogP contribution is -2.61. The van der Waals surface area contributed by atoms with Crippen LogP contribution >= 0.6 is 0 Å². The van der Waals surface area contributed by atoms with E-state index in [1.165, 1.54) is 4.90 Å². The molecule has 3 unspecified atom stereocenters. The van der Waals surface area contributed by atoms with Crippen molar-refractivity contribution in [3.63, 3.8) is 0 Å². The summed E-state index contributed by atoms with van der Waals surface area (Å²) in [7, 11) is 0. The fourth-order valence-electron chi connectivity index (χ4n) is 3.25. The Bertz CT molecular complexity index is 755. The minimum absolute atomic E-state index is 0.00934. The lowest BCUT2D eigenvalue weighted by atomic mass is 10.2. The van der Waals surface area contributed by atoms with Gasteiger partial charge in [0.2, 0.25) is 5.91 Å². The second kappa shape index (κ2) is 18.3. The Morgan fingerprint density at radius 1 is 0.730 bits per heavy atom. The smallest absolute Gasteiger partial charge is 0.359 e. The fraction of sp³-hybridized carbons (Fsp3) is 0.750. The fourth-order valence-corrected chi connectivity index (χ4v) is 3.25. The Kier molecular flexibility index (Phi) is 16.9. The van der Waals surface area contributed by atoms with Crippen molar-refractivity contribution in [1.82, 2.24) is 20.9 Å². The van der Waals surface area contributed by atoms with Gasteiger partial charge in [0, 0.05) is 26.2 Å². The molecule has 0 aliphatic rings. The number of hydrogen-bond donors (Lipinski definition) is 10. The van der Waals surface area contributed by atoms with Crippen molar-refractivity contribution in [2.24, 2.45) is 0 Å². The van der Waals surface area contributed by atoms with Crippen LogP contribution in [0.15, 0.2) is 0 Å². The molecule has 3 atom stereocenters. The number of hydrogen-bond acceptors (Lipinski definition) is 11. The Hall–Kier alpha value is -2.93. The first-order chi connectivity index (χ1) is 17.3. The number of aliphatic carboxylic acids is 3. The molecule has 0 rings (SSSR count). The van der Waals surface area contributed by atoms with E-state index in [0.29, 0.717) is 0 Å². The molecule has 0 saturated heterocycles. The van der Waals surface area contributed by atoms with Crippen molar-refractivity contribution >= 4 is 29.7 Å². The lowest BCUT2D eigenvalue weighted by molar-refractivity contribution is -0.912. The normalized spacial score (nSPS) is 14.4. The van der Waals surface area contributed by atoms with Gasteiger partial charge in [0.15, 0.2) is 13.1 Å². The third-order valence-corrected chi connectivity index (χ3v) is 5.10. The molecule has 0 aromatic carbocycles. The largest absolute Gasteiger partial charge is 0.480 e. The van der Waals surface area contributed by atoms with Gasteiger partial charge in [0.25, 0.3) is 5.91 Å². The number of carbonyl (C=O) groups is 5. The van der Waals surface area contributed by atoms with Crippen LogP contribution in [0.25, 0.3) is 0 Å². The number of quaternary nitrogens is 1. The predicted molar refractivity (Wildman–Crippen MR) is 124 cm³/mol. The average molecular weight is 541 g/mol. The van der Waals surface area contributed by atoms with Crippen LogP contribution < -0.4 is 16.0 Å². The Labute approximate surface area is 212 Å². The van der Waals surface area contributed by atoms with Crippen molar-refractivity contribution in [3.8, 4) is 0 Å². The lowest BCUT2D eigenvalue weighted by Gasteiger charge is -2.38. The maximum Gasteiger partial charge on any atom is 0.359 e. The number of carbonyl (C=O) groups excluding carboxylic acids is 2. The number of amides is 2. The zero-order chi connectivity index (χ0) is 28.4. The monoisotopic (exact) mass is 540 g/mol. The molecule has 0 heterocycles. The first-order valence-electron chi connectivity index (χ1n) is 11.4. The summed E-state index contributed by atoms with van der Waals surface area (Å²) in [5, 5.41) is 71.4. The summed E-state index contributed by atoms with van der Waals surface area (Å²) < 4.78 is -0.454. The standard InChI is InChI=1S/C20H37N5O12/c26-12-14(28)5-22-16(30)8-24(9-19(34)35)2-4-25(11-20(36)37,3-1-21-7-18(32)33)10-17(31)23-6-15(29)13-27/h14-15,21,26-29H,1-13H2,(H4-,22,23,30,31,32,33,34,35,36,37)/p+1. The summed E-state index contributed by atoms with van der Waals surface area (Å²) in [4.78, 5) is 59.7. The molecular formula is C20H38N5O12+. The van der Waals surface area contributed by atoms with Gasteiger partial charge in [-0.15, -0.1) is 0 Å². The van der Waals surface area contributed by atoms with E-state index in [0.717, 1.165) is 0 Å². The summed E-state index contributed by atoms with van der Waals surface area (Å²) in [6.07, 6.45) is -2.45. The number of carboxylic acid groups (broad SMARTS) is 3. The van der Waals surface area contributed by atoms with E-state index >= 15 is 0 Å². The summed E-state index contributed by atoms with van der Waals surface area (Å²) in [5.41, 5.74) is 0. The molecule has 17 nitrogen and oxygen atoms in total. The van der Waals surface area contributed by atoms with Crippen molar-refractivity contribution in [2.75, 3.05) is 85.2 Å². The van der Waals surface area contributed by atoms with Gasteiger partial charge in [-0.05, 0) is 0 Å². The predicted octanol–water partition coefficient (Wildman–Crippen LogP) is -6.11. The molecule has 0 radical (unpaired) electrons. The molecule has 0 aliphatic carbocycles. The molecule has 0 saturated carbocycles.